The summed E-state index contributed by atoms with van der Waals surface area (Å²) >= 11 is 0. The van der Waals surface area contributed by atoms with Gasteiger partial charge in [-0.05, 0) is 12.2 Å². The maximum Gasteiger partial charge on any atom is 0.189 e. The zero-order valence-corrected chi connectivity index (χ0v) is 5.82. The lowest BCUT2D eigenvalue weighted by atomic mass is 10.1. The quantitative estimate of drug-likeness (QED) is 0.557. The average Bonchev–Trinajstić information content (AvgIpc) is 2.09. The van der Waals surface area contributed by atoms with Crippen molar-refractivity contribution in [2.45, 2.75) is 0 Å². The van der Waals surface area contributed by atoms with Crippen LogP contribution in [0.4, 0.5) is 0 Å². The minimum Gasteiger partial charge on any atom is -0.491 e. The van der Waals surface area contributed by atoms with E-state index < -0.39 is 5.92 Å². The number of ether oxygens (including phenoxy) is 1. The highest BCUT2D eigenvalue weighted by molar-refractivity contribution is 5.23. The summed E-state index contributed by atoms with van der Waals surface area (Å²) in [7, 11) is 0. The number of hydrogen-bond donors (Lipinski definition) is 0. The molecular formula is C8H6N2O. The Bertz CT molecular complexity index is 263. The molecule has 0 bridgehead atoms. The van der Waals surface area contributed by atoms with Gasteiger partial charge in [-0.1, -0.05) is 6.08 Å². The number of nitrogens with zero attached hydrogens (tertiary/aromatic N) is 2. The maximum absolute atomic E-state index is 8.46. The number of allylic oxidation sites excluding steroid dienone is 3. The predicted octanol–water partition coefficient (Wildman–Crippen LogP) is 1.12. The summed E-state index contributed by atoms with van der Waals surface area (Å²) in [6.07, 6.45) is 5.23. The van der Waals surface area contributed by atoms with Gasteiger partial charge in [-0.25, -0.2) is 0 Å². The molecule has 1 aliphatic heterocycles. The highest BCUT2D eigenvalue weighted by atomic mass is 16.5. The van der Waals surface area contributed by atoms with Crippen molar-refractivity contribution in [1.82, 2.24) is 0 Å². The van der Waals surface area contributed by atoms with Crippen LogP contribution in [0.15, 0.2) is 24.0 Å². The fourth-order valence-corrected chi connectivity index (χ4v) is 0.747. The summed E-state index contributed by atoms with van der Waals surface area (Å²) in [6, 6.07) is 3.67. The van der Waals surface area contributed by atoms with Gasteiger partial charge in [0.15, 0.2) is 5.92 Å². The Labute approximate surface area is 64.8 Å². The molecule has 0 saturated heterocycles. The van der Waals surface area contributed by atoms with Crippen molar-refractivity contribution >= 4 is 0 Å². The van der Waals surface area contributed by atoms with E-state index in [1.807, 2.05) is 18.2 Å². The molecule has 0 saturated carbocycles. The SMILES string of the molecule is N#CC(C#N)C1=CC=CCO1. The molecule has 0 spiro atoms. The van der Waals surface area contributed by atoms with Crippen LogP contribution in [-0.4, -0.2) is 6.61 Å². The highest BCUT2D eigenvalue weighted by Crippen LogP contribution is 2.13. The lowest BCUT2D eigenvalue weighted by molar-refractivity contribution is 0.227. The van der Waals surface area contributed by atoms with Gasteiger partial charge in [0.1, 0.15) is 12.4 Å². The first-order valence-electron chi connectivity index (χ1n) is 3.17. The van der Waals surface area contributed by atoms with Crippen molar-refractivity contribution in [3.05, 3.63) is 24.0 Å². The van der Waals surface area contributed by atoms with Crippen LogP contribution < -0.4 is 0 Å². The monoisotopic (exact) mass is 146 g/mol. The average molecular weight is 146 g/mol. The molecule has 1 heterocycles. The van der Waals surface area contributed by atoms with Crippen molar-refractivity contribution in [3.8, 4) is 12.1 Å². The summed E-state index contributed by atoms with van der Waals surface area (Å²) in [5.41, 5.74) is 0. The van der Waals surface area contributed by atoms with Crippen molar-refractivity contribution in [3.63, 3.8) is 0 Å². The van der Waals surface area contributed by atoms with Gasteiger partial charge >= 0.3 is 0 Å². The molecule has 1 aliphatic rings. The van der Waals surface area contributed by atoms with Crippen LogP contribution in [0.3, 0.4) is 0 Å². The fourth-order valence-electron chi connectivity index (χ4n) is 0.747. The summed E-state index contributed by atoms with van der Waals surface area (Å²) < 4.78 is 5.05. The van der Waals surface area contributed by atoms with Gasteiger partial charge in [0.05, 0.1) is 12.1 Å². The van der Waals surface area contributed by atoms with E-state index in [0.717, 1.165) is 0 Å². The first-order valence-corrected chi connectivity index (χ1v) is 3.17. The lowest BCUT2D eigenvalue weighted by Crippen LogP contribution is -2.05. The summed E-state index contributed by atoms with van der Waals surface area (Å²) in [6.45, 7) is 0.450. The Kier molecular flexibility index (Phi) is 2.30. The van der Waals surface area contributed by atoms with Crippen molar-refractivity contribution < 1.29 is 4.74 Å². The van der Waals surface area contributed by atoms with Crippen LogP contribution in [-0.2, 0) is 4.74 Å². The second kappa shape index (κ2) is 3.43. The van der Waals surface area contributed by atoms with Gasteiger partial charge in [0, 0.05) is 0 Å². The third kappa shape index (κ3) is 1.59. The molecule has 0 N–H and O–H groups in total. The molecule has 0 amide bonds. The molecule has 0 unspecified atom stereocenters. The molecule has 0 aromatic heterocycles. The van der Waals surface area contributed by atoms with Crippen LogP contribution in [0.2, 0.25) is 0 Å². The molecule has 3 nitrogen and oxygen atoms in total. The topological polar surface area (TPSA) is 56.8 Å². The van der Waals surface area contributed by atoms with E-state index in [2.05, 4.69) is 0 Å². The van der Waals surface area contributed by atoms with Crippen molar-refractivity contribution in [2.75, 3.05) is 6.61 Å². The Balaban J connectivity index is 2.75. The minimum absolute atomic E-state index is 0.442. The van der Waals surface area contributed by atoms with Gasteiger partial charge in [-0.15, -0.1) is 0 Å². The smallest absolute Gasteiger partial charge is 0.189 e. The molecule has 54 valence electrons. The van der Waals surface area contributed by atoms with Gasteiger partial charge in [0.25, 0.3) is 0 Å². The second-order valence-electron chi connectivity index (χ2n) is 2.00. The Hall–Kier alpha value is -1.74. The van der Waals surface area contributed by atoms with E-state index in [1.54, 1.807) is 12.2 Å². The molecule has 11 heavy (non-hydrogen) atoms. The highest BCUT2D eigenvalue weighted by Gasteiger charge is 2.13. The van der Waals surface area contributed by atoms with Crippen LogP contribution in [0, 0.1) is 28.6 Å². The summed E-state index contributed by atoms with van der Waals surface area (Å²) in [5, 5.41) is 16.9. The van der Waals surface area contributed by atoms with Crippen LogP contribution >= 0.6 is 0 Å². The van der Waals surface area contributed by atoms with E-state index in [1.165, 1.54) is 0 Å². The van der Waals surface area contributed by atoms with Gasteiger partial charge in [-0.3, -0.25) is 0 Å². The standard InChI is InChI=1S/C8H6N2O/c9-5-7(6-10)8-3-1-2-4-11-8/h1-3,7H,4H2. The molecule has 1 rings (SSSR count). The predicted molar refractivity (Wildman–Crippen MR) is 37.9 cm³/mol. The van der Waals surface area contributed by atoms with Crippen molar-refractivity contribution in [2.24, 2.45) is 5.92 Å². The van der Waals surface area contributed by atoms with E-state index in [9.17, 15) is 0 Å². The van der Waals surface area contributed by atoms with Crippen LogP contribution in [0.1, 0.15) is 0 Å². The largest absolute Gasteiger partial charge is 0.491 e. The summed E-state index contributed by atoms with van der Waals surface area (Å²) in [5.74, 6) is -0.322. The van der Waals surface area contributed by atoms with E-state index in [-0.39, 0.29) is 0 Å². The molecule has 0 aromatic carbocycles. The normalized spacial score (nSPS) is 14.6. The summed E-state index contributed by atoms with van der Waals surface area (Å²) in [4.78, 5) is 0. The second-order valence-corrected chi connectivity index (χ2v) is 2.00. The number of nitriles is 2. The van der Waals surface area contributed by atoms with E-state index >= 15 is 0 Å². The van der Waals surface area contributed by atoms with Crippen LogP contribution in [0.5, 0.6) is 0 Å². The molecular weight excluding hydrogens is 140 g/mol. The van der Waals surface area contributed by atoms with Gasteiger partial charge in [-0.2, -0.15) is 10.5 Å². The van der Waals surface area contributed by atoms with E-state index in [4.69, 9.17) is 15.3 Å². The zero-order valence-electron chi connectivity index (χ0n) is 5.82. The van der Waals surface area contributed by atoms with E-state index in [0.29, 0.717) is 12.4 Å². The fraction of sp³-hybridized carbons (Fsp3) is 0.250. The maximum atomic E-state index is 8.46. The molecule has 0 aliphatic carbocycles. The minimum atomic E-state index is -0.764. The van der Waals surface area contributed by atoms with Gasteiger partial charge < -0.3 is 4.74 Å². The third-order valence-corrected chi connectivity index (χ3v) is 1.29. The third-order valence-electron chi connectivity index (χ3n) is 1.29. The Morgan fingerprint density at radius 2 is 2.18 bits per heavy atom. The molecule has 0 atom stereocenters. The Morgan fingerprint density at radius 1 is 1.45 bits per heavy atom. The number of rotatable bonds is 1. The zero-order chi connectivity index (χ0) is 8.10. The van der Waals surface area contributed by atoms with Crippen molar-refractivity contribution in [1.29, 1.82) is 10.5 Å². The lowest BCUT2D eigenvalue weighted by Gasteiger charge is -2.10. The number of hydrogen-bond acceptors (Lipinski definition) is 3. The molecule has 0 aromatic rings. The molecule has 3 heteroatoms. The first-order chi connectivity index (χ1) is 5.38. The molecule has 0 radical (unpaired) electrons. The molecule has 0 fully saturated rings. The first kappa shape index (κ1) is 7.37. The van der Waals surface area contributed by atoms with Gasteiger partial charge in [0.2, 0.25) is 0 Å². The Morgan fingerprint density at radius 3 is 2.64 bits per heavy atom. The van der Waals surface area contributed by atoms with Crippen LogP contribution in [0.25, 0.3) is 0 Å².